The number of rotatable bonds is 5. The van der Waals surface area contributed by atoms with Crippen LogP contribution in [0.3, 0.4) is 0 Å². The summed E-state index contributed by atoms with van der Waals surface area (Å²) in [6, 6.07) is 15.3. The Morgan fingerprint density at radius 2 is 1.65 bits per heavy atom. The second-order valence-electron chi connectivity index (χ2n) is 5.67. The largest absolute Gasteiger partial charge is 0.439 e. The zero-order valence-electron chi connectivity index (χ0n) is 13.0. The standard InChI is InChI=1S/C18H19F2NO2/c1-12(2)16(23-17(21)22)18(19,20)15-10-6-9-14(11-15)13-7-4-3-5-8-13/h3-12,16H,1-2H3,(H2,21,22). The number of carbonyl (C=O) groups excluding carboxylic acids is 1. The molecule has 0 heterocycles. The van der Waals surface area contributed by atoms with Crippen molar-refractivity contribution in [3.63, 3.8) is 0 Å². The number of ether oxygens (including phenoxy) is 1. The molecule has 0 fully saturated rings. The van der Waals surface area contributed by atoms with Crippen molar-refractivity contribution in [2.45, 2.75) is 25.9 Å². The van der Waals surface area contributed by atoms with Crippen LogP contribution in [0.25, 0.3) is 11.1 Å². The highest BCUT2D eigenvalue weighted by atomic mass is 19.3. The van der Waals surface area contributed by atoms with Crippen LogP contribution in [0.15, 0.2) is 54.6 Å². The van der Waals surface area contributed by atoms with E-state index in [1.807, 2.05) is 30.3 Å². The Labute approximate surface area is 134 Å². The minimum absolute atomic E-state index is 0.209. The number of primary amides is 1. The van der Waals surface area contributed by atoms with Gasteiger partial charge in [-0.3, -0.25) is 0 Å². The molecule has 2 rings (SSSR count). The smallest absolute Gasteiger partial charge is 0.405 e. The van der Waals surface area contributed by atoms with Crippen LogP contribution in [-0.4, -0.2) is 12.2 Å². The summed E-state index contributed by atoms with van der Waals surface area (Å²) in [7, 11) is 0. The molecule has 5 heteroatoms. The van der Waals surface area contributed by atoms with Gasteiger partial charge < -0.3 is 10.5 Å². The molecule has 1 unspecified atom stereocenters. The van der Waals surface area contributed by atoms with Crippen LogP contribution in [0, 0.1) is 5.92 Å². The summed E-state index contributed by atoms with van der Waals surface area (Å²) in [6.07, 6.45) is -2.83. The lowest BCUT2D eigenvalue weighted by Crippen LogP contribution is -2.40. The van der Waals surface area contributed by atoms with Crippen molar-refractivity contribution >= 4 is 6.09 Å². The van der Waals surface area contributed by atoms with Crippen molar-refractivity contribution in [1.82, 2.24) is 0 Å². The SMILES string of the molecule is CC(C)C(OC(N)=O)C(F)(F)c1cccc(-c2ccccc2)c1. The molecule has 2 aromatic carbocycles. The Balaban J connectivity index is 2.41. The lowest BCUT2D eigenvalue weighted by molar-refractivity contribution is -0.133. The van der Waals surface area contributed by atoms with E-state index >= 15 is 0 Å². The van der Waals surface area contributed by atoms with Crippen LogP contribution >= 0.6 is 0 Å². The Morgan fingerprint density at radius 1 is 1.04 bits per heavy atom. The third-order valence-electron chi connectivity index (χ3n) is 3.56. The van der Waals surface area contributed by atoms with Crippen LogP contribution in [0.4, 0.5) is 13.6 Å². The molecule has 0 bridgehead atoms. The Morgan fingerprint density at radius 3 is 2.22 bits per heavy atom. The van der Waals surface area contributed by atoms with Gasteiger partial charge in [-0.15, -0.1) is 0 Å². The van der Waals surface area contributed by atoms with Crippen LogP contribution in [-0.2, 0) is 10.7 Å². The highest BCUT2D eigenvalue weighted by Crippen LogP contribution is 2.38. The number of benzene rings is 2. The molecule has 0 aliphatic heterocycles. The third-order valence-corrected chi connectivity index (χ3v) is 3.56. The topological polar surface area (TPSA) is 52.3 Å². The summed E-state index contributed by atoms with van der Waals surface area (Å²) < 4.78 is 34.3. The Bertz CT molecular complexity index is 672. The summed E-state index contributed by atoms with van der Waals surface area (Å²) >= 11 is 0. The minimum Gasteiger partial charge on any atom is -0.439 e. The first-order valence-corrected chi connectivity index (χ1v) is 7.32. The molecule has 122 valence electrons. The average Bonchev–Trinajstić information content (AvgIpc) is 2.53. The van der Waals surface area contributed by atoms with Crippen molar-refractivity contribution in [3.05, 3.63) is 60.2 Å². The van der Waals surface area contributed by atoms with E-state index in [0.717, 1.165) is 5.56 Å². The molecule has 0 aliphatic carbocycles. The van der Waals surface area contributed by atoms with Gasteiger partial charge in [-0.2, -0.15) is 8.78 Å². The molecule has 23 heavy (non-hydrogen) atoms. The summed E-state index contributed by atoms with van der Waals surface area (Å²) in [5.74, 6) is -3.92. The van der Waals surface area contributed by atoms with E-state index in [4.69, 9.17) is 5.73 Å². The third kappa shape index (κ3) is 3.86. The highest BCUT2D eigenvalue weighted by molar-refractivity contribution is 5.65. The van der Waals surface area contributed by atoms with E-state index in [1.165, 1.54) is 12.1 Å². The lowest BCUT2D eigenvalue weighted by atomic mass is 9.92. The number of alkyl halides is 2. The molecule has 0 saturated carbocycles. The van der Waals surface area contributed by atoms with E-state index in [0.29, 0.717) is 5.56 Å². The van der Waals surface area contributed by atoms with Crippen molar-refractivity contribution in [3.8, 4) is 11.1 Å². The predicted octanol–water partition coefficient (Wildman–Crippen LogP) is 4.57. The van der Waals surface area contributed by atoms with Crippen molar-refractivity contribution in [1.29, 1.82) is 0 Å². The van der Waals surface area contributed by atoms with Gasteiger partial charge in [0.2, 0.25) is 0 Å². The van der Waals surface area contributed by atoms with E-state index < -0.39 is 24.0 Å². The number of halogens is 2. The number of hydrogen-bond donors (Lipinski definition) is 1. The molecular formula is C18H19F2NO2. The first kappa shape index (κ1) is 16.9. The van der Waals surface area contributed by atoms with E-state index in [1.54, 1.807) is 26.0 Å². The van der Waals surface area contributed by atoms with Crippen molar-refractivity contribution < 1.29 is 18.3 Å². The van der Waals surface area contributed by atoms with Gasteiger partial charge in [-0.25, -0.2) is 4.79 Å². The second-order valence-corrected chi connectivity index (χ2v) is 5.67. The van der Waals surface area contributed by atoms with Gasteiger partial charge in [-0.1, -0.05) is 62.4 Å². The summed E-state index contributed by atoms with van der Waals surface area (Å²) in [4.78, 5) is 10.9. The van der Waals surface area contributed by atoms with E-state index in [-0.39, 0.29) is 5.56 Å². The number of carbonyl (C=O) groups is 1. The molecule has 0 aromatic heterocycles. The quantitative estimate of drug-likeness (QED) is 0.878. The van der Waals surface area contributed by atoms with Crippen LogP contribution in [0.5, 0.6) is 0 Å². The first-order valence-electron chi connectivity index (χ1n) is 7.32. The van der Waals surface area contributed by atoms with Gasteiger partial charge in [-0.05, 0) is 23.1 Å². The predicted molar refractivity (Wildman–Crippen MR) is 85.1 cm³/mol. The van der Waals surface area contributed by atoms with Gasteiger partial charge in [0, 0.05) is 5.56 Å². The zero-order chi connectivity index (χ0) is 17.0. The lowest BCUT2D eigenvalue weighted by Gasteiger charge is -2.29. The molecular weight excluding hydrogens is 300 g/mol. The van der Waals surface area contributed by atoms with Gasteiger partial charge in [0.05, 0.1) is 0 Å². The van der Waals surface area contributed by atoms with Crippen LogP contribution in [0.1, 0.15) is 19.4 Å². The fraction of sp³-hybridized carbons (Fsp3) is 0.278. The van der Waals surface area contributed by atoms with Gasteiger partial charge in [0.15, 0.2) is 6.10 Å². The summed E-state index contributed by atoms with van der Waals surface area (Å²) in [6.45, 7) is 3.12. The first-order chi connectivity index (χ1) is 10.8. The molecule has 0 radical (unpaired) electrons. The maximum Gasteiger partial charge on any atom is 0.405 e. The average molecular weight is 319 g/mol. The molecule has 0 spiro atoms. The monoisotopic (exact) mass is 319 g/mol. The van der Waals surface area contributed by atoms with Crippen molar-refractivity contribution in [2.75, 3.05) is 0 Å². The van der Waals surface area contributed by atoms with Gasteiger partial charge >= 0.3 is 12.0 Å². The molecule has 1 amide bonds. The summed E-state index contributed by atoms with van der Waals surface area (Å²) in [5, 5.41) is 0. The fourth-order valence-electron chi connectivity index (χ4n) is 2.45. The Hall–Kier alpha value is -2.43. The number of amides is 1. The molecule has 0 aliphatic rings. The maximum absolute atomic E-state index is 14.8. The fourth-order valence-corrected chi connectivity index (χ4v) is 2.45. The number of hydrogen-bond acceptors (Lipinski definition) is 2. The molecule has 3 nitrogen and oxygen atoms in total. The van der Waals surface area contributed by atoms with Gasteiger partial charge in [0.25, 0.3) is 0 Å². The molecule has 2 N–H and O–H groups in total. The number of nitrogens with two attached hydrogens (primary N) is 1. The van der Waals surface area contributed by atoms with E-state index in [9.17, 15) is 13.6 Å². The Kier molecular flexibility index (Phi) is 4.98. The maximum atomic E-state index is 14.8. The molecule has 1 atom stereocenters. The normalized spacial score (nSPS) is 12.9. The molecule has 2 aromatic rings. The molecule has 0 saturated heterocycles. The van der Waals surface area contributed by atoms with E-state index in [2.05, 4.69) is 4.74 Å². The highest BCUT2D eigenvalue weighted by Gasteiger charge is 2.46. The second kappa shape index (κ2) is 6.77. The minimum atomic E-state index is -3.34. The zero-order valence-corrected chi connectivity index (χ0v) is 13.0. The van der Waals surface area contributed by atoms with Crippen LogP contribution in [0.2, 0.25) is 0 Å². The summed E-state index contributed by atoms with van der Waals surface area (Å²) in [5.41, 5.74) is 6.23. The van der Waals surface area contributed by atoms with Gasteiger partial charge in [0.1, 0.15) is 0 Å². The van der Waals surface area contributed by atoms with Crippen molar-refractivity contribution in [2.24, 2.45) is 11.7 Å². The van der Waals surface area contributed by atoms with Crippen LogP contribution < -0.4 is 5.73 Å².